The molecule has 1 aromatic heterocycles. The van der Waals surface area contributed by atoms with Crippen LogP contribution in [0.4, 0.5) is 0 Å². The zero-order valence-corrected chi connectivity index (χ0v) is 12.1. The van der Waals surface area contributed by atoms with Crippen molar-refractivity contribution in [2.24, 2.45) is 0 Å². The van der Waals surface area contributed by atoms with Crippen molar-refractivity contribution >= 4 is 11.0 Å². The number of benzene rings is 2. The summed E-state index contributed by atoms with van der Waals surface area (Å²) in [5.41, 5.74) is 2.29. The molecular formula is C18H16O3. The van der Waals surface area contributed by atoms with Crippen LogP contribution in [0.1, 0.15) is 16.9 Å². The van der Waals surface area contributed by atoms with Crippen LogP contribution < -0.4 is 10.2 Å². The fraction of sp³-hybridized carbons (Fsp3) is 0.167. The number of hydrogen-bond donors (Lipinski definition) is 0. The highest BCUT2D eigenvalue weighted by molar-refractivity contribution is 5.84. The first kappa shape index (κ1) is 13.4. The lowest BCUT2D eigenvalue weighted by Crippen LogP contribution is -2.10. The first-order chi connectivity index (χ1) is 10.2. The summed E-state index contributed by atoms with van der Waals surface area (Å²) in [7, 11) is 1.56. The number of hydrogen-bond acceptors (Lipinski definition) is 3. The van der Waals surface area contributed by atoms with Gasteiger partial charge in [0.1, 0.15) is 22.5 Å². The highest BCUT2D eigenvalue weighted by atomic mass is 16.5. The molecule has 0 aliphatic rings. The molecule has 21 heavy (non-hydrogen) atoms. The molecule has 0 N–H and O–H groups in total. The van der Waals surface area contributed by atoms with E-state index in [0.717, 1.165) is 5.56 Å². The molecule has 3 nitrogen and oxygen atoms in total. The molecule has 0 saturated carbocycles. The maximum absolute atomic E-state index is 12.6. The maximum atomic E-state index is 12.6. The van der Waals surface area contributed by atoms with Crippen LogP contribution in [0.15, 0.2) is 57.7 Å². The molecule has 2 aromatic carbocycles. The average molecular weight is 280 g/mol. The molecule has 0 aliphatic carbocycles. The van der Waals surface area contributed by atoms with E-state index in [-0.39, 0.29) is 5.43 Å². The van der Waals surface area contributed by atoms with Crippen LogP contribution in [0.2, 0.25) is 0 Å². The third-order valence-corrected chi connectivity index (χ3v) is 3.63. The summed E-state index contributed by atoms with van der Waals surface area (Å²) in [4.78, 5) is 12.6. The van der Waals surface area contributed by atoms with Crippen LogP contribution in [-0.4, -0.2) is 7.11 Å². The first-order valence-corrected chi connectivity index (χ1v) is 6.84. The average Bonchev–Trinajstić information content (AvgIpc) is 2.52. The summed E-state index contributed by atoms with van der Waals surface area (Å²) in [6.45, 7) is 1.80. The quantitative estimate of drug-likeness (QED) is 0.734. The van der Waals surface area contributed by atoms with Gasteiger partial charge in [-0.15, -0.1) is 0 Å². The Balaban J connectivity index is 2.18. The molecule has 0 aliphatic heterocycles. The van der Waals surface area contributed by atoms with E-state index in [0.29, 0.717) is 34.5 Å². The zero-order chi connectivity index (χ0) is 14.8. The van der Waals surface area contributed by atoms with E-state index < -0.39 is 0 Å². The summed E-state index contributed by atoms with van der Waals surface area (Å²) in [6.07, 6.45) is 0.606. The van der Waals surface area contributed by atoms with Gasteiger partial charge >= 0.3 is 0 Å². The lowest BCUT2D eigenvalue weighted by Gasteiger charge is -2.09. The van der Waals surface area contributed by atoms with E-state index in [2.05, 4.69) is 0 Å². The molecule has 0 spiro atoms. The van der Waals surface area contributed by atoms with Gasteiger partial charge in [0, 0.05) is 12.0 Å². The molecule has 0 saturated heterocycles. The molecule has 0 amide bonds. The van der Waals surface area contributed by atoms with Gasteiger partial charge in [-0.25, -0.2) is 0 Å². The van der Waals surface area contributed by atoms with E-state index >= 15 is 0 Å². The van der Waals surface area contributed by atoms with Gasteiger partial charge in [-0.3, -0.25) is 4.79 Å². The van der Waals surface area contributed by atoms with Gasteiger partial charge < -0.3 is 9.15 Å². The zero-order valence-electron chi connectivity index (χ0n) is 12.1. The molecule has 3 rings (SSSR count). The Bertz CT molecular complexity index is 832. The fourth-order valence-electron chi connectivity index (χ4n) is 2.46. The van der Waals surface area contributed by atoms with Gasteiger partial charge in [0.25, 0.3) is 0 Å². The minimum Gasteiger partial charge on any atom is -0.496 e. The maximum Gasteiger partial charge on any atom is 0.199 e. The fourth-order valence-corrected chi connectivity index (χ4v) is 2.46. The molecule has 0 atom stereocenters. The molecule has 1 heterocycles. The summed E-state index contributed by atoms with van der Waals surface area (Å²) >= 11 is 0. The Kier molecular flexibility index (Phi) is 3.48. The van der Waals surface area contributed by atoms with Crippen molar-refractivity contribution in [3.8, 4) is 5.75 Å². The minimum atomic E-state index is -0.0281. The van der Waals surface area contributed by atoms with Crippen LogP contribution in [0, 0.1) is 6.92 Å². The predicted molar refractivity (Wildman–Crippen MR) is 83.0 cm³/mol. The summed E-state index contributed by atoms with van der Waals surface area (Å²) in [5.74, 6) is 1.25. The van der Waals surface area contributed by atoms with Gasteiger partial charge in [0.15, 0.2) is 5.43 Å². The monoisotopic (exact) mass is 280 g/mol. The summed E-state index contributed by atoms with van der Waals surface area (Å²) in [5, 5.41) is 0.509. The summed E-state index contributed by atoms with van der Waals surface area (Å²) < 4.78 is 11.2. The second-order valence-corrected chi connectivity index (χ2v) is 4.98. The molecule has 0 bridgehead atoms. The van der Waals surface area contributed by atoms with Crippen molar-refractivity contribution in [3.63, 3.8) is 0 Å². The second-order valence-electron chi connectivity index (χ2n) is 4.98. The summed E-state index contributed by atoms with van der Waals surface area (Å²) in [6, 6.07) is 15.4. The molecule has 0 unspecified atom stereocenters. The van der Waals surface area contributed by atoms with Gasteiger partial charge in [-0.05, 0) is 24.6 Å². The van der Waals surface area contributed by atoms with E-state index in [4.69, 9.17) is 9.15 Å². The molecule has 3 heteroatoms. The third-order valence-electron chi connectivity index (χ3n) is 3.63. The number of ether oxygens (including phenoxy) is 1. The minimum absolute atomic E-state index is 0.0281. The standard InChI is InChI=1S/C18H16O3/c1-12-16(11-13-7-4-3-5-8-13)21-15-10-6-9-14(20-2)17(15)18(12)19/h3-10H,11H2,1-2H3. The largest absolute Gasteiger partial charge is 0.496 e. The van der Waals surface area contributed by atoms with E-state index in [1.54, 1.807) is 26.2 Å². The van der Waals surface area contributed by atoms with Gasteiger partial charge in [0.05, 0.1) is 7.11 Å². The normalized spacial score (nSPS) is 10.8. The van der Waals surface area contributed by atoms with Crippen molar-refractivity contribution in [3.05, 3.63) is 75.6 Å². The highest BCUT2D eigenvalue weighted by Crippen LogP contribution is 2.25. The molecule has 0 fully saturated rings. The van der Waals surface area contributed by atoms with E-state index in [1.807, 2.05) is 36.4 Å². The van der Waals surface area contributed by atoms with Crippen LogP contribution in [0.3, 0.4) is 0 Å². The van der Waals surface area contributed by atoms with E-state index in [1.165, 1.54) is 0 Å². The lowest BCUT2D eigenvalue weighted by molar-refractivity contribution is 0.418. The smallest absolute Gasteiger partial charge is 0.199 e. The van der Waals surface area contributed by atoms with Crippen LogP contribution >= 0.6 is 0 Å². The Morgan fingerprint density at radius 1 is 1.05 bits per heavy atom. The van der Waals surface area contributed by atoms with Crippen LogP contribution in [0.25, 0.3) is 11.0 Å². The molecule has 0 radical (unpaired) electrons. The molecular weight excluding hydrogens is 264 g/mol. The van der Waals surface area contributed by atoms with Crippen LogP contribution in [-0.2, 0) is 6.42 Å². The Morgan fingerprint density at radius 2 is 1.81 bits per heavy atom. The predicted octanol–water partition coefficient (Wildman–Crippen LogP) is 3.70. The SMILES string of the molecule is COc1cccc2oc(Cc3ccccc3)c(C)c(=O)c12. The van der Waals surface area contributed by atoms with Crippen molar-refractivity contribution in [1.82, 2.24) is 0 Å². The first-order valence-electron chi connectivity index (χ1n) is 6.84. The van der Waals surface area contributed by atoms with Crippen molar-refractivity contribution in [2.75, 3.05) is 7.11 Å². The van der Waals surface area contributed by atoms with Gasteiger partial charge in [-0.1, -0.05) is 36.4 Å². The van der Waals surface area contributed by atoms with Crippen molar-refractivity contribution in [1.29, 1.82) is 0 Å². The van der Waals surface area contributed by atoms with Crippen molar-refractivity contribution in [2.45, 2.75) is 13.3 Å². The number of methoxy groups -OCH3 is 1. The Hall–Kier alpha value is -2.55. The van der Waals surface area contributed by atoms with Crippen LogP contribution in [0.5, 0.6) is 5.75 Å². The second kappa shape index (κ2) is 5.44. The molecule has 106 valence electrons. The Labute approximate surface area is 122 Å². The number of fused-ring (bicyclic) bond motifs is 1. The molecule has 3 aromatic rings. The van der Waals surface area contributed by atoms with Gasteiger partial charge in [-0.2, -0.15) is 0 Å². The lowest BCUT2D eigenvalue weighted by atomic mass is 10.0. The van der Waals surface area contributed by atoms with Crippen molar-refractivity contribution < 1.29 is 9.15 Å². The topological polar surface area (TPSA) is 39.4 Å². The van der Waals surface area contributed by atoms with Gasteiger partial charge in [0.2, 0.25) is 0 Å². The Morgan fingerprint density at radius 3 is 2.52 bits per heavy atom. The third kappa shape index (κ3) is 2.42. The highest BCUT2D eigenvalue weighted by Gasteiger charge is 2.14. The van der Waals surface area contributed by atoms with E-state index in [9.17, 15) is 4.79 Å². The number of rotatable bonds is 3.